The SMILES string of the molecule is CC.CC.CC(C)c1cc(Cc2c(Cl)cc(CCC#N)cc2Cl)n[nH]c1=O. The lowest BCUT2D eigenvalue weighted by atomic mass is 10.0. The van der Waals surface area contributed by atoms with Gasteiger partial charge in [0.1, 0.15) is 0 Å². The van der Waals surface area contributed by atoms with Crippen molar-refractivity contribution in [2.75, 3.05) is 0 Å². The fraction of sp³-hybridized carbons (Fsp3) is 0.476. The zero-order valence-corrected chi connectivity index (χ0v) is 18.5. The van der Waals surface area contributed by atoms with Crippen LogP contribution >= 0.6 is 23.2 Å². The maximum atomic E-state index is 11.7. The van der Waals surface area contributed by atoms with Crippen LogP contribution in [0.2, 0.25) is 10.0 Å². The van der Waals surface area contributed by atoms with Crippen LogP contribution in [0.4, 0.5) is 0 Å². The van der Waals surface area contributed by atoms with E-state index in [4.69, 9.17) is 28.5 Å². The molecule has 2 rings (SSSR count). The minimum atomic E-state index is -0.173. The minimum Gasteiger partial charge on any atom is -0.268 e. The first-order valence-corrected chi connectivity index (χ1v) is 10.1. The molecule has 0 atom stereocenters. The molecule has 6 heteroatoms. The van der Waals surface area contributed by atoms with Crippen molar-refractivity contribution in [3.05, 3.63) is 61.0 Å². The Morgan fingerprint density at radius 2 is 1.67 bits per heavy atom. The van der Waals surface area contributed by atoms with Crippen molar-refractivity contribution >= 4 is 23.2 Å². The van der Waals surface area contributed by atoms with Gasteiger partial charge in [-0.1, -0.05) is 64.7 Å². The molecule has 1 aromatic heterocycles. The summed E-state index contributed by atoms with van der Waals surface area (Å²) in [6, 6.07) is 7.55. The second kappa shape index (κ2) is 13.4. The van der Waals surface area contributed by atoms with E-state index in [1.807, 2.05) is 53.7 Å². The number of halogens is 2. The Bertz CT molecular complexity index is 785. The van der Waals surface area contributed by atoms with Gasteiger partial charge in [-0.15, -0.1) is 0 Å². The lowest BCUT2D eigenvalue weighted by Crippen LogP contribution is -2.17. The Labute approximate surface area is 172 Å². The smallest absolute Gasteiger partial charge is 0.267 e. The summed E-state index contributed by atoms with van der Waals surface area (Å²) in [6.45, 7) is 11.9. The van der Waals surface area contributed by atoms with E-state index in [1.54, 1.807) is 6.07 Å². The van der Waals surface area contributed by atoms with Crippen LogP contribution in [0.3, 0.4) is 0 Å². The summed E-state index contributed by atoms with van der Waals surface area (Å²) in [7, 11) is 0. The summed E-state index contributed by atoms with van der Waals surface area (Å²) in [4.78, 5) is 11.7. The second-order valence-corrected chi connectivity index (χ2v) is 6.49. The molecular weight excluding hydrogens is 381 g/mol. The molecular formula is C21H29Cl2N3O. The van der Waals surface area contributed by atoms with E-state index < -0.39 is 0 Å². The average molecular weight is 410 g/mol. The van der Waals surface area contributed by atoms with Gasteiger partial charge in [0.15, 0.2) is 0 Å². The number of aromatic nitrogens is 2. The third-order valence-corrected chi connectivity index (χ3v) is 4.27. The maximum absolute atomic E-state index is 11.7. The molecule has 0 aliphatic rings. The van der Waals surface area contributed by atoms with E-state index in [1.165, 1.54) is 0 Å². The van der Waals surface area contributed by atoms with Crippen LogP contribution < -0.4 is 5.56 Å². The Hall–Kier alpha value is -1.83. The molecule has 0 saturated heterocycles. The minimum absolute atomic E-state index is 0.111. The largest absolute Gasteiger partial charge is 0.268 e. The molecule has 0 aliphatic heterocycles. The first kappa shape index (κ1) is 25.2. The van der Waals surface area contributed by atoms with E-state index in [9.17, 15) is 4.79 Å². The van der Waals surface area contributed by atoms with Gasteiger partial charge in [-0.2, -0.15) is 10.4 Å². The summed E-state index contributed by atoms with van der Waals surface area (Å²) < 4.78 is 0. The van der Waals surface area contributed by atoms with Crippen molar-refractivity contribution in [2.24, 2.45) is 0 Å². The number of nitrogens with one attached hydrogen (secondary N) is 1. The number of rotatable bonds is 5. The molecule has 1 N–H and O–H groups in total. The number of aromatic amines is 1. The Kier molecular flexibility index (Phi) is 12.5. The highest BCUT2D eigenvalue weighted by atomic mass is 35.5. The standard InChI is InChI=1S/C17H17Cl2N3O.2C2H6/c1-10(2)13-8-12(21-22-17(13)23)9-14-15(18)6-11(4-3-5-20)7-16(14)19;2*1-2/h6-8,10H,3-4,9H2,1-2H3,(H,22,23);2*1-2H3. The lowest BCUT2D eigenvalue weighted by Gasteiger charge is -2.10. The Balaban J connectivity index is 0.00000158. The highest BCUT2D eigenvalue weighted by Crippen LogP contribution is 2.29. The van der Waals surface area contributed by atoms with Gasteiger partial charge in [0.2, 0.25) is 0 Å². The quantitative estimate of drug-likeness (QED) is 0.629. The molecule has 0 unspecified atom stereocenters. The van der Waals surface area contributed by atoms with Gasteiger partial charge in [0.05, 0.1) is 11.8 Å². The van der Waals surface area contributed by atoms with Crippen molar-refractivity contribution < 1.29 is 0 Å². The number of benzene rings is 1. The fourth-order valence-corrected chi connectivity index (χ4v) is 3.00. The van der Waals surface area contributed by atoms with Gasteiger partial charge >= 0.3 is 0 Å². The number of aryl methyl sites for hydroxylation is 1. The normalized spacial score (nSPS) is 9.63. The molecule has 0 aliphatic carbocycles. The highest BCUT2D eigenvalue weighted by molar-refractivity contribution is 6.36. The number of hydrogen-bond acceptors (Lipinski definition) is 3. The summed E-state index contributed by atoms with van der Waals surface area (Å²) >= 11 is 12.7. The average Bonchev–Trinajstić information content (AvgIpc) is 2.67. The number of hydrogen-bond donors (Lipinski definition) is 1. The van der Waals surface area contributed by atoms with Gasteiger partial charge in [-0.05, 0) is 41.7 Å². The third-order valence-electron chi connectivity index (χ3n) is 3.59. The van der Waals surface area contributed by atoms with Crippen LogP contribution in [0.25, 0.3) is 0 Å². The molecule has 0 saturated carbocycles. The van der Waals surface area contributed by atoms with Crippen molar-refractivity contribution in [3.8, 4) is 6.07 Å². The summed E-state index contributed by atoms with van der Waals surface area (Å²) in [5.41, 5.74) is 2.92. The van der Waals surface area contributed by atoms with Gasteiger partial charge < -0.3 is 0 Å². The second-order valence-electron chi connectivity index (χ2n) is 5.67. The van der Waals surface area contributed by atoms with E-state index in [0.29, 0.717) is 40.6 Å². The molecule has 0 bridgehead atoms. The zero-order valence-electron chi connectivity index (χ0n) is 17.0. The lowest BCUT2D eigenvalue weighted by molar-refractivity contribution is 0.801. The number of nitriles is 1. The molecule has 4 nitrogen and oxygen atoms in total. The first-order chi connectivity index (χ1) is 12.9. The van der Waals surface area contributed by atoms with E-state index in [0.717, 1.165) is 11.1 Å². The molecule has 0 radical (unpaired) electrons. The number of H-pyrrole nitrogens is 1. The van der Waals surface area contributed by atoms with Crippen molar-refractivity contribution in [1.29, 1.82) is 5.26 Å². The van der Waals surface area contributed by atoms with Crippen LogP contribution in [0, 0.1) is 11.3 Å². The van der Waals surface area contributed by atoms with E-state index in [2.05, 4.69) is 16.3 Å². The predicted octanol–water partition coefficient (Wildman–Crippen LogP) is 6.30. The van der Waals surface area contributed by atoms with Gasteiger partial charge in [-0.25, -0.2) is 5.10 Å². The van der Waals surface area contributed by atoms with Crippen LogP contribution in [-0.2, 0) is 12.8 Å². The maximum Gasteiger partial charge on any atom is 0.267 e. The Morgan fingerprint density at radius 3 is 2.15 bits per heavy atom. The third kappa shape index (κ3) is 7.74. The van der Waals surface area contributed by atoms with Crippen LogP contribution in [0.15, 0.2) is 23.0 Å². The van der Waals surface area contributed by atoms with E-state index >= 15 is 0 Å². The summed E-state index contributed by atoms with van der Waals surface area (Å²) in [5, 5.41) is 16.3. The monoisotopic (exact) mass is 409 g/mol. The van der Waals surface area contributed by atoms with Crippen molar-refractivity contribution in [2.45, 2.75) is 66.7 Å². The number of nitrogens with zero attached hydrogens (tertiary/aromatic N) is 2. The highest BCUT2D eigenvalue weighted by Gasteiger charge is 2.13. The van der Waals surface area contributed by atoms with Crippen molar-refractivity contribution in [3.63, 3.8) is 0 Å². The topological polar surface area (TPSA) is 69.5 Å². The predicted molar refractivity (Wildman–Crippen MR) is 115 cm³/mol. The van der Waals surface area contributed by atoms with E-state index in [-0.39, 0.29) is 11.5 Å². The Morgan fingerprint density at radius 1 is 1.11 bits per heavy atom. The van der Waals surface area contributed by atoms with Crippen LogP contribution in [-0.4, -0.2) is 10.2 Å². The zero-order chi connectivity index (χ0) is 21.0. The molecule has 2 aromatic rings. The molecule has 0 amide bonds. The molecule has 0 fully saturated rings. The summed E-state index contributed by atoms with van der Waals surface area (Å²) in [6.07, 6.45) is 1.47. The van der Waals surface area contributed by atoms with Gasteiger partial charge in [0.25, 0.3) is 5.56 Å². The first-order valence-electron chi connectivity index (χ1n) is 9.34. The van der Waals surface area contributed by atoms with Gasteiger partial charge in [0, 0.05) is 28.5 Å². The molecule has 27 heavy (non-hydrogen) atoms. The van der Waals surface area contributed by atoms with Crippen LogP contribution in [0.1, 0.15) is 76.3 Å². The molecule has 1 aromatic carbocycles. The fourth-order valence-electron chi connectivity index (χ4n) is 2.33. The van der Waals surface area contributed by atoms with Crippen LogP contribution in [0.5, 0.6) is 0 Å². The molecule has 0 spiro atoms. The molecule has 1 heterocycles. The summed E-state index contributed by atoms with van der Waals surface area (Å²) in [5.74, 6) is 0.111. The van der Waals surface area contributed by atoms with Gasteiger partial charge in [-0.3, -0.25) is 4.79 Å². The van der Waals surface area contributed by atoms with Crippen molar-refractivity contribution in [1.82, 2.24) is 10.2 Å². The molecule has 148 valence electrons.